The second-order valence-electron chi connectivity index (χ2n) is 5.57. The van der Waals surface area contributed by atoms with E-state index >= 15 is 0 Å². The number of fused-ring (bicyclic) bond motifs is 1. The largest absolute Gasteiger partial charge is 0.534 e. The van der Waals surface area contributed by atoms with Gasteiger partial charge in [-0.15, -0.1) is 0 Å². The molecule has 3 rings (SSSR count). The monoisotopic (exact) mass is 448 g/mol. The van der Waals surface area contributed by atoms with E-state index in [0.717, 1.165) is 6.07 Å². The molecule has 0 saturated heterocycles. The van der Waals surface area contributed by atoms with Crippen LogP contribution in [-0.4, -0.2) is 32.3 Å². The Kier molecular flexibility index (Phi) is 5.10. The molecule has 0 atom stereocenters. The van der Waals surface area contributed by atoms with E-state index in [1.807, 2.05) is 0 Å². The molecule has 29 heavy (non-hydrogen) atoms. The maximum Gasteiger partial charge on any atom is 0.534 e. The highest BCUT2D eigenvalue weighted by atomic mass is 32.2. The van der Waals surface area contributed by atoms with Crippen LogP contribution in [0.3, 0.4) is 0 Å². The maximum absolute atomic E-state index is 12.6. The van der Waals surface area contributed by atoms with Crippen LogP contribution >= 0.6 is 0 Å². The predicted molar refractivity (Wildman–Crippen MR) is 96.2 cm³/mol. The topological polar surface area (TPSA) is 141 Å². The van der Waals surface area contributed by atoms with Gasteiger partial charge in [-0.25, -0.2) is 23.5 Å². The van der Waals surface area contributed by atoms with Gasteiger partial charge >= 0.3 is 15.6 Å². The normalized spacial score (nSPS) is 12.7. The highest BCUT2D eigenvalue weighted by Crippen LogP contribution is 2.31. The second kappa shape index (κ2) is 7.13. The smallest absolute Gasteiger partial charge is 0.374 e. The number of primary sulfonamides is 1. The highest BCUT2D eigenvalue weighted by molar-refractivity contribution is 7.89. The van der Waals surface area contributed by atoms with Gasteiger partial charge in [0.1, 0.15) is 5.52 Å². The van der Waals surface area contributed by atoms with Crippen molar-refractivity contribution in [3.8, 4) is 5.75 Å². The molecule has 0 aliphatic rings. The Balaban J connectivity index is 1.95. The summed E-state index contributed by atoms with van der Waals surface area (Å²) in [5.41, 5.74) is -5.44. The van der Waals surface area contributed by atoms with Crippen LogP contribution in [0.25, 0.3) is 10.9 Å². The number of alkyl halides is 3. The summed E-state index contributed by atoms with van der Waals surface area (Å²) in [6, 6.07) is 8.93. The number of hydrogen-bond donors (Lipinski definition) is 2. The molecule has 0 spiro atoms. The van der Waals surface area contributed by atoms with E-state index in [4.69, 9.17) is 5.14 Å². The Morgan fingerprint density at radius 1 is 1.00 bits per heavy atom. The molecule has 0 amide bonds. The van der Waals surface area contributed by atoms with Gasteiger partial charge in [0.05, 0.1) is 4.90 Å². The Labute approximate surface area is 162 Å². The van der Waals surface area contributed by atoms with E-state index in [1.165, 1.54) is 42.6 Å². The predicted octanol–water partition coefficient (Wildman–Crippen LogP) is 2.25. The molecule has 0 unspecified atom stereocenters. The Morgan fingerprint density at radius 2 is 1.66 bits per heavy atom. The van der Waals surface area contributed by atoms with Gasteiger partial charge in [-0.3, -0.25) is 0 Å². The van der Waals surface area contributed by atoms with Crippen LogP contribution in [0.2, 0.25) is 0 Å². The Bertz CT molecular complexity index is 1280. The van der Waals surface area contributed by atoms with E-state index in [0.29, 0.717) is 5.69 Å². The molecule has 154 valence electrons. The summed E-state index contributed by atoms with van der Waals surface area (Å²) in [5, 5.41) is 7.94. The molecule has 0 aliphatic heterocycles. The second-order valence-corrected chi connectivity index (χ2v) is 8.66. The lowest BCUT2D eigenvalue weighted by molar-refractivity contribution is -0.0499. The summed E-state index contributed by atoms with van der Waals surface area (Å²) >= 11 is 0. The summed E-state index contributed by atoms with van der Waals surface area (Å²) in [6.45, 7) is 0. The number of rotatable bonds is 5. The Morgan fingerprint density at radius 3 is 2.24 bits per heavy atom. The zero-order chi connectivity index (χ0) is 21.4. The minimum atomic E-state index is -5.88. The van der Waals surface area contributed by atoms with E-state index in [2.05, 4.69) is 19.5 Å². The van der Waals surface area contributed by atoms with Crippen molar-refractivity contribution < 1.29 is 34.2 Å². The number of benzene rings is 2. The lowest BCUT2D eigenvalue weighted by Crippen LogP contribution is -2.28. The van der Waals surface area contributed by atoms with E-state index in [9.17, 15) is 30.0 Å². The third-order valence-corrected chi connectivity index (χ3v) is 5.39. The summed E-state index contributed by atoms with van der Waals surface area (Å²) in [7, 11) is -9.76. The highest BCUT2D eigenvalue weighted by Gasteiger charge is 2.48. The molecule has 3 aromatic rings. The van der Waals surface area contributed by atoms with Crippen molar-refractivity contribution in [2.75, 3.05) is 5.32 Å². The Hall–Kier alpha value is -2.97. The van der Waals surface area contributed by atoms with Crippen molar-refractivity contribution in [1.29, 1.82) is 0 Å². The number of nitrogens with one attached hydrogen (secondary N) is 1. The van der Waals surface area contributed by atoms with Gasteiger partial charge in [0, 0.05) is 17.3 Å². The first-order chi connectivity index (χ1) is 13.4. The average molecular weight is 448 g/mol. The van der Waals surface area contributed by atoms with Crippen molar-refractivity contribution in [2.45, 2.75) is 10.4 Å². The first kappa shape index (κ1) is 20.8. The van der Waals surface area contributed by atoms with Crippen LogP contribution in [0.15, 0.2) is 53.6 Å². The van der Waals surface area contributed by atoms with Crippen LogP contribution in [0.5, 0.6) is 5.75 Å². The molecule has 0 aliphatic carbocycles. The molecule has 1 aromatic heterocycles. The van der Waals surface area contributed by atoms with Gasteiger partial charge in [-0.05, 0) is 30.3 Å². The fraction of sp³-hybridized carbons (Fsp3) is 0.0667. The fourth-order valence-electron chi connectivity index (χ4n) is 2.18. The maximum atomic E-state index is 12.6. The molecule has 14 heteroatoms. The molecule has 3 N–H and O–H groups in total. The minimum Gasteiger partial charge on any atom is -0.374 e. The lowest BCUT2D eigenvalue weighted by Gasteiger charge is -2.11. The van der Waals surface area contributed by atoms with Gasteiger partial charge < -0.3 is 9.50 Å². The molecule has 0 radical (unpaired) electrons. The number of halogens is 3. The zero-order valence-electron chi connectivity index (χ0n) is 14.1. The third kappa shape index (κ3) is 4.55. The van der Waals surface area contributed by atoms with Gasteiger partial charge in [0.2, 0.25) is 16.0 Å². The number of nitrogens with zero attached hydrogens (tertiary/aromatic N) is 2. The van der Waals surface area contributed by atoms with Crippen LogP contribution in [0.1, 0.15) is 0 Å². The van der Waals surface area contributed by atoms with Gasteiger partial charge in [-0.1, -0.05) is 12.1 Å². The molecule has 0 saturated carbocycles. The molecule has 0 bridgehead atoms. The standard InChI is InChI=1S/C15H11F3N4O5S2/c16-15(17,18)29(25,26)27-12-3-1-2-9-8-20-14(22-13(9)12)21-10-4-6-11(7-5-10)28(19,23)24/h1-8H,(H2,19,23,24)(H,20,21,22). The average Bonchev–Trinajstić information content (AvgIpc) is 2.61. The SMILES string of the molecule is NS(=O)(=O)c1ccc(Nc2ncc3cccc(OS(=O)(=O)C(F)(F)F)c3n2)cc1. The van der Waals surface area contributed by atoms with Crippen molar-refractivity contribution in [3.05, 3.63) is 48.7 Å². The number of para-hydroxylation sites is 1. The van der Waals surface area contributed by atoms with Crippen molar-refractivity contribution in [2.24, 2.45) is 5.14 Å². The molecule has 0 fully saturated rings. The quantitative estimate of drug-likeness (QED) is 0.447. The number of nitrogens with two attached hydrogens (primary N) is 1. The first-order valence-electron chi connectivity index (χ1n) is 7.53. The lowest BCUT2D eigenvalue weighted by atomic mass is 10.2. The molecular formula is C15H11F3N4O5S2. The summed E-state index contributed by atoms with van der Waals surface area (Å²) < 4.78 is 87.1. The summed E-state index contributed by atoms with van der Waals surface area (Å²) in [5.74, 6) is -0.726. The van der Waals surface area contributed by atoms with Gasteiger partial charge in [-0.2, -0.15) is 21.6 Å². The summed E-state index contributed by atoms with van der Waals surface area (Å²) in [4.78, 5) is 7.82. The van der Waals surface area contributed by atoms with Crippen molar-refractivity contribution in [3.63, 3.8) is 0 Å². The molecular weight excluding hydrogens is 437 g/mol. The van der Waals surface area contributed by atoms with Crippen LogP contribution in [0.4, 0.5) is 24.8 Å². The van der Waals surface area contributed by atoms with Crippen LogP contribution < -0.4 is 14.6 Å². The summed E-state index contributed by atoms with van der Waals surface area (Å²) in [6.07, 6.45) is 1.25. The van der Waals surface area contributed by atoms with Gasteiger partial charge in [0.15, 0.2) is 5.75 Å². The van der Waals surface area contributed by atoms with Gasteiger partial charge in [0.25, 0.3) is 0 Å². The molecule has 2 aromatic carbocycles. The van der Waals surface area contributed by atoms with E-state index in [-0.39, 0.29) is 21.7 Å². The number of anilines is 2. The molecule has 9 nitrogen and oxygen atoms in total. The van der Waals surface area contributed by atoms with Crippen LogP contribution in [0, 0.1) is 0 Å². The van der Waals surface area contributed by atoms with Crippen molar-refractivity contribution >= 4 is 42.7 Å². The minimum absolute atomic E-state index is 0.0960. The van der Waals surface area contributed by atoms with E-state index in [1.54, 1.807) is 0 Å². The number of aromatic nitrogens is 2. The number of hydrogen-bond acceptors (Lipinski definition) is 8. The number of sulfonamides is 1. The first-order valence-corrected chi connectivity index (χ1v) is 10.5. The molecule has 1 heterocycles. The zero-order valence-corrected chi connectivity index (χ0v) is 15.7. The fourth-order valence-corrected chi connectivity index (χ4v) is 3.16. The van der Waals surface area contributed by atoms with E-state index < -0.39 is 31.4 Å². The third-order valence-electron chi connectivity index (χ3n) is 3.50. The van der Waals surface area contributed by atoms with Crippen molar-refractivity contribution in [1.82, 2.24) is 9.97 Å². The van der Waals surface area contributed by atoms with Crippen LogP contribution in [-0.2, 0) is 20.1 Å².